The molecule has 1 saturated heterocycles. The van der Waals surface area contributed by atoms with Crippen molar-refractivity contribution in [2.75, 3.05) is 19.7 Å². The molecule has 1 aliphatic carbocycles. The summed E-state index contributed by atoms with van der Waals surface area (Å²) < 4.78 is 12.4. The van der Waals surface area contributed by atoms with Crippen molar-refractivity contribution < 1.29 is 59.9 Å². The van der Waals surface area contributed by atoms with Crippen molar-refractivity contribution in [1.29, 1.82) is 0 Å². The van der Waals surface area contributed by atoms with Crippen molar-refractivity contribution >= 4 is 28.6 Å². The number of pyridine rings is 2. The molecule has 4 aromatic rings. The number of Topliss-reactive ketones (excluding diaryl/α,β-unsaturated/α-hetero) is 1. The molecule has 2 fully saturated rings. The van der Waals surface area contributed by atoms with E-state index >= 15 is 0 Å². The van der Waals surface area contributed by atoms with Crippen molar-refractivity contribution in [1.82, 2.24) is 14.9 Å². The first-order valence-electron chi connectivity index (χ1n) is 14.8. The number of rotatable bonds is 6. The second-order valence-corrected chi connectivity index (χ2v) is 11.6. The predicted octanol–water partition coefficient (Wildman–Crippen LogP) is 3.03. The molecule has 220 valence electrons. The third-order valence-electron chi connectivity index (χ3n) is 8.72. The summed E-state index contributed by atoms with van der Waals surface area (Å²) in [4.78, 5) is 49.4. The van der Waals surface area contributed by atoms with E-state index in [0.29, 0.717) is 72.5 Å². The number of carboxylic acids is 1. The third kappa shape index (κ3) is 5.60. The topological polar surface area (TPSA) is 119 Å². The van der Waals surface area contributed by atoms with Gasteiger partial charge in [-0.3, -0.25) is 14.6 Å². The Bertz CT molecular complexity index is 1800. The molecule has 1 N–H and O–H groups in total. The number of ketones is 1. The molecule has 4 heterocycles. The normalized spacial score (nSPS) is 17.0. The molecule has 0 radical (unpaired) electrons. The van der Waals surface area contributed by atoms with Gasteiger partial charge in [-0.25, -0.2) is 9.78 Å². The van der Waals surface area contributed by atoms with Gasteiger partial charge >= 0.3 is 35.5 Å². The van der Waals surface area contributed by atoms with Crippen LogP contribution in [-0.4, -0.2) is 62.9 Å². The van der Waals surface area contributed by atoms with Gasteiger partial charge in [0.2, 0.25) is 0 Å². The number of hydrogen-bond donors (Lipinski definition) is 1. The van der Waals surface area contributed by atoms with Gasteiger partial charge in [0.05, 0.1) is 35.4 Å². The summed E-state index contributed by atoms with van der Waals surface area (Å²) >= 11 is 0. The number of amides is 1. The summed E-state index contributed by atoms with van der Waals surface area (Å²) in [6.45, 7) is 3.31. The van der Waals surface area contributed by atoms with Gasteiger partial charge < -0.3 is 20.9 Å². The number of ether oxygens (including phenoxy) is 2. The van der Waals surface area contributed by atoms with Crippen molar-refractivity contribution in [3.8, 4) is 22.8 Å². The van der Waals surface area contributed by atoms with Crippen LogP contribution < -0.4 is 39.0 Å². The molecule has 10 heteroatoms. The first kappa shape index (κ1) is 30.2. The first-order chi connectivity index (χ1) is 20.8. The maximum atomic E-state index is 13.7. The fraction of sp³-hybridized carbons (Fsp3) is 0.324. The van der Waals surface area contributed by atoms with Crippen molar-refractivity contribution in [2.24, 2.45) is 0 Å². The van der Waals surface area contributed by atoms with Gasteiger partial charge in [-0.2, -0.15) is 0 Å². The molecule has 0 bridgehead atoms. The van der Waals surface area contributed by atoms with Gasteiger partial charge in [-0.1, -0.05) is 12.1 Å². The van der Waals surface area contributed by atoms with Crippen LogP contribution in [0.2, 0.25) is 0 Å². The van der Waals surface area contributed by atoms with E-state index in [4.69, 9.17) is 14.5 Å². The Labute approximate surface area is 278 Å². The van der Waals surface area contributed by atoms with Crippen LogP contribution in [0.15, 0.2) is 60.8 Å². The quantitative estimate of drug-likeness (QED) is 0.335. The van der Waals surface area contributed by atoms with Crippen LogP contribution >= 0.6 is 0 Å². The SMILES string of the molecule is CCOc1cc(C(=O)N2CCC3(CC2)CC(=O)c2cc(-c4cc(C(=O)O)ccn4)ccc2O3)nc2c(C3CC3)cccc12.[H-].[Na+]. The molecule has 2 aromatic heterocycles. The average Bonchev–Trinajstić information content (AvgIpc) is 3.86. The Hall–Kier alpha value is -3.79. The van der Waals surface area contributed by atoms with E-state index in [2.05, 4.69) is 11.1 Å². The van der Waals surface area contributed by atoms with Gasteiger partial charge in [0.1, 0.15) is 22.8 Å². The van der Waals surface area contributed by atoms with Gasteiger partial charge in [-0.15, -0.1) is 0 Å². The fourth-order valence-corrected chi connectivity index (χ4v) is 6.28. The van der Waals surface area contributed by atoms with E-state index in [9.17, 15) is 19.5 Å². The number of piperidine rings is 1. The summed E-state index contributed by atoms with van der Waals surface area (Å²) in [6.07, 6.45) is 4.96. The number of fused-ring (bicyclic) bond motifs is 2. The number of aromatic carboxylic acids is 1. The van der Waals surface area contributed by atoms with Crippen LogP contribution in [-0.2, 0) is 0 Å². The molecule has 0 unspecified atom stereocenters. The number of hydrogen-bond acceptors (Lipinski definition) is 7. The van der Waals surface area contributed by atoms with E-state index in [1.807, 2.05) is 19.1 Å². The zero-order valence-corrected chi connectivity index (χ0v) is 26.8. The molecule has 3 aliphatic rings. The number of para-hydroxylation sites is 1. The summed E-state index contributed by atoms with van der Waals surface area (Å²) in [7, 11) is 0. The summed E-state index contributed by atoms with van der Waals surface area (Å²) in [5, 5.41) is 10.3. The van der Waals surface area contributed by atoms with Crippen LogP contribution in [0.3, 0.4) is 0 Å². The van der Waals surface area contributed by atoms with Crippen LogP contribution in [0.1, 0.15) is 83.1 Å². The average molecular weight is 602 g/mol. The Morgan fingerprint density at radius 1 is 1.11 bits per heavy atom. The molecule has 2 aromatic carbocycles. The standard InChI is InChI=1S/C34H31N3O6.Na.H/c1-2-42-30-18-27(36-31-23(20-6-7-20)4-3-5-24(30)31)32(39)37-14-11-34(12-15-37)19-28(38)25-16-21(8-9-29(25)43-34)26-17-22(33(40)41)10-13-35-26;;/h3-5,8-10,13,16-18,20H,2,6-7,11-12,14-15,19H2,1H3,(H,40,41);;/q;+1;-1. The maximum Gasteiger partial charge on any atom is 1.00 e. The smallest absolute Gasteiger partial charge is 1.00 e. The second-order valence-electron chi connectivity index (χ2n) is 11.6. The number of likely N-dealkylation sites (tertiary alicyclic amines) is 1. The first-order valence-corrected chi connectivity index (χ1v) is 14.8. The number of carbonyl (C=O) groups is 3. The molecular weight excluding hydrogens is 569 g/mol. The zero-order chi connectivity index (χ0) is 29.7. The van der Waals surface area contributed by atoms with Crippen LogP contribution in [0.4, 0.5) is 0 Å². The minimum Gasteiger partial charge on any atom is -1.00 e. The van der Waals surface area contributed by atoms with Gasteiger partial charge in [-0.05, 0) is 67.6 Å². The number of nitrogens with zero attached hydrogens (tertiary/aromatic N) is 3. The van der Waals surface area contributed by atoms with Gasteiger partial charge in [0.15, 0.2) is 5.78 Å². The largest absolute Gasteiger partial charge is 1.00 e. The summed E-state index contributed by atoms with van der Waals surface area (Å²) in [6, 6.07) is 16.1. The van der Waals surface area contributed by atoms with E-state index in [0.717, 1.165) is 23.7 Å². The Morgan fingerprint density at radius 3 is 2.64 bits per heavy atom. The minimum atomic E-state index is -1.04. The molecule has 9 nitrogen and oxygen atoms in total. The maximum absolute atomic E-state index is 13.7. The number of aromatic nitrogens is 2. The molecule has 0 atom stereocenters. The molecule has 2 aliphatic heterocycles. The Kier molecular flexibility index (Phi) is 8.22. The monoisotopic (exact) mass is 601 g/mol. The van der Waals surface area contributed by atoms with Crippen LogP contribution in [0.25, 0.3) is 22.2 Å². The number of benzene rings is 2. The molecule has 7 rings (SSSR count). The Balaban J connectivity index is 0.00000200. The predicted molar refractivity (Wildman–Crippen MR) is 160 cm³/mol. The van der Waals surface area contributed by atoms with E-state index in [-0.39, 0.29) is 54.7 Å². The van der Waals surface area contributed by atoms with Gasteiger partial charge in [0.25, 0.3) is 5.91 Å². The second kappa shape index (κ2) is 12.0. The van der Waals surface area contributed by atoms with Crippen LogP contribution in [0, 0.1) is 0 Å². The number of carboxylic acid groups (broad SMARTS) is 1. The number of carbonyl (C=O) groups excluding carboxylic acids is 2. The third-order valence-corrected chi connectivity index (χ3v) is 8.72. The summed E-state index contributed by atoms with van der Waals surface area (Å²) in [5.41, 5.74) is 3.41. The molecule has 1 spiro atoms. The zero-order valence-electron chi connectivity index (χ0n) is 25.8. The van der Waals surface area contributed by atoms with Crippen molar-refractivity contribution in [3.63, 3.8) is 0 Å². The summed E-state index contributed by atoms with van der Waals surface area (Å²) in [5.74, 6) is 0.432. The minimum absolute atomic E-state index is 0. The van der Waals surface area contributed by atoms with E-state index in [1.165, 1.54) is 23.9 Å². The molecule has 44 heavy (non-hydrogen) atoms. The Morgan fingerprint density at radius 2 is 1.91 bits per heavy atom. The molecule has 1 amide bonds. The van der Waals surface area contributed by atoms with Crippen molar-refractivity contribution in [3.05, 3.63) is 83.2 Å². The van der Waals surface area contributed by atoms with Crippen LogP contribution in [0.5, 0.6) is 11.5 Å². The molecular formula is C34H32N3NaO6. The molecule has 1 saturated carbocycles. The fourth-order valence-electron chi connectivity index (χ4n) is 6.28. The van der Waals surface area contributed by atoms with E-state index in [1.54, 1.807) is 29.2 Å². The van der Waals surface area contributed by atoms with Crippen molar-refractivity contribution in [2.45, 2.75) is 50.5 Å². The van der Waals surface area contributed by atoms with E-state index < -0.39 is 11.6 Å². The van der Waals surface area contributed by atoms with Gasteiger partial charge in [0, 0.05) is 49.1 Å².